The van der Waals surface area contributed by atoms with Crippen molar-refractivity contribution >= 4 is 0 Å². The molecule has 0 atom stereocenters. The van der Waals surface area contributed by atoms with Gasteiger partial charge in [0.15, 0.2) is 0 Å². The van der Waals surface area contributed by atoms with Crippen LogP contribution in [0.3, 0.4) is 0 Å². The highest BCUT2D eigenvalue weighted by atomic mass is 14.4. The van der Waals surface area contributed by atoms with E-state index in [9.17, 15) is 0 Å². The smallest absolute Gasteiger partial charge is 0.0152 e. The summed E-state index contributed by atoms with van der Waals surface area (Å²) in [7, 11) is 0. The number of hydrogen-bond acceptors (Lipinski definition) is 0. The zero-order chi connectivity index (χ0) is 18.3. The van der Waals surface area contributed by atoms with Gasteiger partial charge in [0.2, 0.25) is 0 Å². The molecule has 24 heavy (non-hydrogen) atoms. The molecule has 0 saturated carbocycles. The van der Waals surface area contributed by atoms with Crippen LogP contribution in [0.1, 0.15) is 90.1 Å². The first-order valence-corrected chi connectivity index (χ1v) is 9.32. The lowest BCUT2D eigenvalue weighted by atomic mass is 9.59. The molecule has 0 unspecified atom stereocenters. The van der Waals surface area contributed by atoms with Crippen molar-refractivity contribution in [1.29, 1.82) is 0 Å². The normalized spacial score (nSPS) is 17.2. The highest BCUT2D eigenvalue weighted by Crippen LogP contribution is 2.50. The molecular weight excluding hydrogens is 288 g/mol. The van der Waals surface area contributed by atoms with Gasteiger partial charge in [0, 0.05) is 10.8 Å². The van der Waals surface area contributed by atoms with Gasteiger partial charge in [0.1, 0.15) is 0 Å². The lowest BCUT2D eigenvalue weighted by Gasteiger charge is -2.44. The van der Waals surface area contributed by atoms with Crippen LogP contribution in [0, 0.1) is 0 Å². The second-order valence-corrected chi connectivity index (χ2v) is 8.81. The Morgan fingerprint density at radius 2 is 1.04 bits per heavy atom. The van der Waals surface area contributed by atoms with Crippen LogP contribution in [-0.4, -0.2) is 0 Å². The van der Waals surface area contributed by atoms with Crippen LogP contribution in [0.15, 0.2) is 42.5 Å². The van der Waals surface area contributed by atoms with Crippen LogP contribution in [0.25, 0.3) is 0 Å². The first-order valence-electron chi connectivity index (χ1n) is 9.32. The Hall–Kier alpha value is -1.56. The summed E-state index contributed by atoms with van der Waals surface area (Å²) in [6, 6.07) is 16.1. The van der Waals surface area contributed by atoms with Crippen molar-refractivity contribution in [3.8, 4) is 0 Å². The van der Waals surface area contributed by atoms with Gasteiger partial charge in [-0.2, -0.15) is 0 Å². The Labute approximate surface area is 149 Å². The molecule has 2 aromatic carbocycles. The van der Waals surface area contributed by atoms with Crippen molar-refractivity contribution in [2.24, 2.45) is 0 Å². The highest BCUT2D eigenvalue weighted by Gasteiger charge is 2.41. The fourth-order valence-electron chi connectivity index (χ4n) is 3.94. The third kappa shape index (κ3) is 2.81. The van der Waals surface area contributed by atoms with E-state index in [1.165, 1.54) is 27.8 Å². The lowest BCUT2D eigenvalue weighted by Crippen LogP contribution is -2.36. The highest BCUT2D eigenvalue weighted by molar-refractivity contribution is 5.59. The maximum Gasteiger partial charge on any atom is 0.0152 e. The van der Waals surface area contributed by atoms with Crippen molar-refractivity contribution in [1.82, 2.24) is 0 Å². The molecule has 0 aliphatic heterocycles. The van der Waals surface area contributed by atoms with E-state index in [1.54, 1.807) is 0 Å². The van der Waals surface area contributed by atoms with E-state index in [4.69, 9.17) is 0 Å². The Morgan fingerprint density at radius 1 is 0.625 bits per heavy atom. The second kappa shape index (κ2) is 6.06. The van der Waals surface area contributed by atoms with Crippen LogP contribution in [0.2, 0.25) is 0 Å². The Morgan fingerprint density at radius 3 is 1.50 bits per heavy atom. The van der Waals surface area contributed by atoms with Crippen LogP contribution in [0.5, 0.6) is 0 Å². The van der Waals surface area contributed by atoms with Crippen LogP contribution >= 0.6 is 0 Å². The number of fused-ring (bicyclic) bond motifs is 2. The van der Waals surface area contributed by atoms with Crippen molar-refractivity contribution in [3.63, 3.8) is 0 Å². The number of hydrogen-bond donors (Lipinski definition) is 0. The van der Waals surface area contributed by atoms with Gasteiger partial charge in [-0.15, -0.1) is 0 Å². The van der Waals surface area contributed by atoms with E-state index >= 15 is 0 Å². The number of benzene rings is 2. The molecule has 0 N–H and O–H groups in total. The lowest BCUT2D eigenvalue weighted by molar-refractivity contribution is 0.514. The Bertz CT molecular complexity index is 724. The quantitative estimate of drug-likeness (QED) is 0.491. The molecule has 0 heteroatoms. The summed E-state index contributed by atoms with van der Waals surface area (Å²) in [4.78, 5) is 0. The average molecular weight is 323 g/mol. The van der Waals surface area contributed by atoms with Gasteiger partial charge in [0.25, 0.3) is 0 Å². The molecule has 0 radical (unpaired) electrons. The summed E-state index contributed by atoms with van der Waals surface area (Å²) in [5.74, 6) is 0. The van der Waals surface area contributed by atoms with E-state index < -0.39 is 0 Å². The fraction of sp³-hybridized carbons (Fsp3) is 0.500. The molecule has 0 spiro atoms. The average Bonchev–Trinajstić information content (AvgIpc) is 2.54. The van der Waals surface area contributed by atoms with E-state index in [0.717, 1.165) is 0 Å². The van der Waals surface area contributed by atoms with E-state index in [0.29, 0.717) is 0 Å². The molecule has 3 rings (SSSR count). The molecule has 2 aromatic rings. The van der Waals surface area contributed by atoms with Gasteiger partial charge in [-0.3, -0.25) is 0 Å². The minimum absolute atomic E-state index is 0.0582. The molecule has 0 saturated heterocycles. The molecule has 0 fully saturated rings. The van der Waals surface area contributed by atoms with E-state index in [1.807, 2.05) is 13.8 Å². The van der Waals surface area contributed by atoms with Gasteiger partial charge in [-0.05, 0) is 33.2 Å². The summed E-state index contributed by atoms with van der Waals surface area (Å²) in [5, 5.41) is 0. The molecule has 0 nitrogen and oxygen atoms in total. The van der Waals surface area contributed by atoms with Gasteiger partial charge in [0.05, 0.1) is 0 Å². The maximum atomic E-state index is 2.45. The fourth-order valence-corrected chi connectivity index (χ4v) is 3.94. The summed E-state index contributed by atoms with van der Waals surface area (Å²) < 4.78 is 0. The van der Waals surface area contributed by atoms with Crippen LogP contribution < -0.4 is 0 Å². The van der Waals surface area contributed by atoms with Crippen molar-refractivity contribution < 1.29 is 0 Å². The Balaban J connectivity index is 0.00000100. The largest absolute Gasteiger partial charge is 0.0683 e. The minimum Gasteiger partial charge on any atom is -0.0683 e. The van der Waals surface area contributed by atoms with Gasteiger partial charge in [-0.25, -0.2) is 0 Å². The third-order valence-corrected chi connectivity index (χ3v) is 5.51. The maximum absolute atomic E-state index is 2.45. The van der Waals surface area contributed by atoms with Crippen molar-refractivity contribution in [3.05, 3.63) is 70.3 Å². The Kier molecular flexibility index (Phi) is 4.74. The summed E-state index contributed by atoms with van der Waals surface area (Å²) in [6.07, 6.45) is 0. The molecule has 1 aliphatic rings. The first-order chi connectivity index (χ1) is 11.1. The van der Waals surface area contributed by atoms with Crippen LogP contribution in [0.4, 0.5) is 0 Å². The van der Waals surface area contributed by atoms with Crippen molar-refractivity contribution in [2.45, 2.75) is 78.6 Å². The predicted molar refractivity (Wildman–Crippen MR) is 107 cm³/mol. The van der Waals surface area contributed by atoms with Gasteiger partial charge in [-0.1, -0.05) is 105 Å². The first kappa shape index (κ1) is 18.8. The minimum atomic E-state index is 0.0582. The molecule has 130 valence electrons. The van der Waals surface area contributed by atoms with Crippen molar-refractivity contribution in [2.75, 3.05) is 0 Å². The topological polar surface area (TPSA) is 0 Å². The standard InChI is InChI=1S/C22H28.C2H6/c1-20(2,3)15-12-13-18-19(14-15)22(6,7)17-11-9-8-10-16(17)21(18,4)5;1-2/h8-14H,1-7H3;1-2H3. The SMILES string of the molecule is CC.CC(C)(C)c1ccc2c(c1)C(C)(C)c1ccccc1C2(C)C. The van der Waals surface area contributed by atoms with E-state index in [-0.39, 0.29) is 16.2 Å². The van der Waals surface area contributed by atoms with Gasteiger partial charge >= 0.3 is 0 Å². The second-order valence-electron chi connectivity index (χ2n) is 8.81. The van der Waals surface area contributed by atoms with Crippen LogP contribution in [-0.2, 0) is 16.2 Å². The summed E-state index contributed by atoms with van der Waals surface area (Å²) in [5.41, 5.74) is 7.64. The molecule has 0 heterocycles. The monoisotopic (exact) mass is 322 g/mol. The predicted octanol–water partition coefficient (Wildman–Crippen LogP) is 6.98. The number of rotatable bonds is 0. The van der Waals surface area contributed by atoms with E-state index in [2.05, 4.69) is 90.9 Å². The molecule has 0 amide bonds. The molecule has 0 aromatic heterocycles. The molecule has 1 aliphatic carbocycles. The molecular formula is C24H34. The molecule has 0 bridgehead atoms. The van der Waals surface area contributed by atoms with Gasteiger partial charge < -0.3 is 0 Å². The zero-order valence-corrected chi connectivity index (χ0v) is 17.0. The zero-order valence-electron chi connectivity index (χ0n) is 17.0. The summed E-state index contributed by atoms with van der Waals surface area (Å²) in [6.45, 7) is 20.3. The third-order valence-electron chi connectivity index (χ3n) is 5.51. The summed E-state index contributed by atoms with van der Waals surface area (Å²) >= 11 is 0.